The standard InChI is InChI=1S/C14H11Br2N3O2/c15-10-5-8(6-11(16)13(10)20)7-18-19-14(21)9-3-1-2-4-12(9)17/h1-7,20H,17H2,(H,19,21)/b18-7+. The second-order valence-electron chi connectivity index (χ2n) is 4.12. The van der Waals surface area contributed by atoms with Gasteiger partial charge in [-0.05, 0) is 61.7 Å². The Bertz CT molecular complexity index is 694. The number of nitrogens with one attached hydrogen (secondary N) is 1. The van der Waals surface area contributed by atoms with E-state index < -0.39 is 0 Å². The van der Waals surface area contributed by atoms with Crippen molar-refractivity contribution in [1.82, 2.24) is 5.43 Å². The number of nitrogens with zero attached hydrogens (tertiary/aromatic N) is 1. The molecule has 7 heteroatoms. The van der Waals surface area contributed by atoms with Gasteiger partial charge in [-0.2, -0.15) is 5.10 Å². The van der Waals surface area contributed by atoms with Gasteiger partial charge in [-0.25, -0.2) is 5.43 Å². The topological polar surface area (TPSA) is 87.7 Å². The highest BCUT2D eigenvalue weighted by atomic mass is 79.9. The number of hydrogen-bond acceptors (Lipinski definition) is 4. The van der Waals surface area contributed by atoms with Crippen LogP contribution in [-0.2, 0) is 0 Å². The van der Waals surface area contributed by atoms with Crippen molar-refractivity contribution in [3.63, 3.8) is 0 Å². The summed E-state index contributed by atoms with van der Waals surface area (Å²) in [5.74, 6) is -0.283. The first kappa shape index (κ1) is 15.5. The van der Waals surface area contributed by atoms with E-state index in [1.54, 1.807) is 36.4 Å². The zero-order chi connectivity index (χ0) is 15.4. The first-order chi connectivity index (χ1) is 9.99. The summed E-state index contributed by atoms with van der Waals surface area (Å²) in [6.07, 6.45) is 1.46. The molecule has 2 aromatic carbocycles. The molecule has 0 aliphatic heterocycles. The minimum atomic E-state index is -0.388. The molecule has 2 aromatic rings. The minimum Gasteiger partial charge on any atom is -0.506 e. The molecule has 0 bridgehead atoms. The zero-order valence-corrected chi connectivity index (χ0v) is 13.8. The number of hydrogen-bond donors (Lipinski definition) is 3. The molecule has 0 unspecified atom stereocenters. The van der Waals surface area contributed by atoms with Gasteiger partial charge in [0.15, 0.2) is 0 Å². The predicted molar refractivity (Wildman–Crippen MR) is 89.4 cm³/mol. The van der Waals surface area contributed by atoms with Crippen LogP contribution in [0, 0.1) is 0 Å². The van der Waals surface area contributed by atoms with Crippen molar-refractivity contribution in [3.8, 4) is 5.75 Å². The van der Waals surface area contributed by atoms with Crippen molar-refractivity contribution in [2.24, 2.45) is 5.10 Å². The molecule has 0 radical (unpaired) electrons. The van der Waals surface area contributed by atoms with E-state index in [1.165, 1.54) is 6.21 Å². The lowest BCUT2D eigenvalue weighted by atomic mass is 10.2. The fourth-order valence-electron chi connectivity index (χ4n) is 1.59. The molecule has 0 saturated heterocycles. The Morgan fingerprint density at radius 1 is 1.24 bits per heavy atom. The molecule has 0 spiro atoms. The van der Waals surface area contributed by atoms with Crippen LogP contribution in [-0.4, -0.2) is 17.2 Å². The highest BCUT2D eigenvalue weighted by molar-refractivity contribution is 9.11. The summed E-state index contributed by atoms with van der Waals surface area (Å²) < 4.78 is 1.05. The van der Waals surface area contributed by atoms with E-state index in [9.17, 15) is 9.90 Å². The minimum absolute atomic E-state index is 0.105. The Balaban J connectivity index is 2.10. The Morgan fingerprint density at radius 3 is 2.48 bits per heavy atom. The number of amides is 1. The van der Waals surface area contributed by atoms with E-state index >= 15 is 0 Å². The fraction of sp³-hybridized carbons (Fsp3) is 0. The molecule has 21 heavy (non-hydrogen) atoms. The number of carbonyl (C=O) groups excluding carboxylic acids is 1. The highest BCUT2D eigenvalue weighted by Crippen LogP contribution is 2.32. The highest BCUT2D eigenvalue weighted by Gasteiger charge is 2.07. The molecule has 0 aromatic heterocycles. The molecule has 0 aliphatic carbocycles. The van der Waals surface area contributed by atoms with Crippen LogP contribution >= 0.6 is 31.9 Å². The summed E-state index contributed by atoms with van der Waals surface area (Å²) in [7, 11) is 0. The van der Waals surface area contributed by atoms with Crippen molar-refractivity contribution in [3.05, 3.63) is 56.5 Å². The number of carbonyl (C=O) groups is 1. The van der Waals surface area contributed by atoms with Gasteiger partial charge in [0.1, 0.15) is 5.75 Å². The van der Waals surface area contributed by atoms with Crippen LogP contribution in [0.5, 0.6) is 5.75 Å². The smallest absolute Gasteiger partial charge is 0.273 e. The number of aromatic hydroxyl groups is 1. The van der Waals surface area contributed by atoms with Gasteiger partial charge in [0.25, 0.3) is 5.91 Å². The summed E-state index contributed by atoms with van der Waals surface area (Å²) >= 11 is 6.44. The maximum absolute atomic E-state index is 11.9. The average Bonchev–Trinajstić information content (AvgIpc) is 2.45. The van der Waals surface area contributed by atoms with E-state index in [0.29, 0.717) is 25.8 Å². The third kappa shape index (κ3) is 3.83. The molecule has 2 rings (SSSR count). The Labute approximate surface area is 138 Å². The number of rotatable bonds is 3. The monoisotopic (exact) mass is 411 g/mol. The van der Waals surface area contributed by atoms with E-state index in [1.807, 2.05) is 0 Å². The molecule has 0 aliphatic rings. The number of nitrogens with two attached hydrogens (primary N) is 1. The molecule has 108 valence electrons. The third-order valence-corrected chi connectivity index (χ3v) is 3.83. The van der Waals surface area contributed by atoms with Gasteiger partial charge in [-0.1, -0.05) is 12.1 Å². The SMILES string of the molecule is Nc1ccccc1C(=O)N/N=C/c1cc(Br)c(O)c(Br)c1. The van der Waals surface area contributed by atoms with Gasteiger partial charge in [0.05, 0.1) is 20.7 Å². The number of para-hydroxylation sites is 1. The van der Waals surface area contributed by atoms with Gasteiger partial charge >= 0.3 is 0 Å². The third-order valence-electron chi connectivity index (χ3n) is 2.62. The quantitative estimate of drug-likeness (QED) is 0.410. The number of hydrazone groups is 1. The van der Waals surface area contributed by atoms with E-state index in [0.717, 1.165) is 0 Å². The zero-order valence-electron chi connectivity index (χ0n) is 10.7. The molecule has 5 nitrogen and oxygen atoms in total. The fourth-order valence-corrected chi connectivity index (χ4v) is 2.81. The molecule has 1 amide bonds. The van der Waals surface area contributed by atoms with Crippen LogP contribution in [0.15, 0.2) is 50.4 Å². The van der Waals surface area contributed by atoms with Crippen LogP contribution in [0.3, 0.4) is 0 Å². The molecule has 0 atom stereocenters. The molecule has 0 saturated carbocycles. The second kappa shape index (κ2) is 6.73. The normalized spacial score (nSPS) is 10.8. The number of phenols is 1. The Morgan fingerprint density at radius 2 is 1.86 bits per heavy atom. The van der Waals surface area contributed by atoms with Gasteiger partial charge in [0.2, 0.25) is 0 Å². The van der Waals surface area contributed by atoms with Crippen LogP contribution in [0.2, 0.25) is 0 Å². The van der Waals surface area contributed by atoms with Crippen molar-refractivity contribution >= 4 is 49.7 Å². The maximum Gasteiger partial charge on any atom is 0.273 e. The summed E-state index contributed by atoms with van der Waals surface area (Å²) in [6, 6.07) is 10.1. The molecule has 0 fully saturated rings. The van der Waals surface area contributed by atoms with Crippen LogP contribution in [0.25, 0.3) is 0 Å². The largest absolute Gasteiger partial charge is 0.506 e. The first-order valence-corrected chi connectivity index (χ1v) is 7.43. The summed E-state index contributed by atoms with van der Waals surface area (Å²) in [5, 5.41) is 13.5. The average molecular weight is 413 g/mol. The van der Waals surface area contributed by atoms with E-state index in [2.05, 4.69) is 42.4 Å². The Kier molecular flexibility index (Phi) is 4.98. The molecule has 0 heterocycles. The number of halogens is 2. The molecular weight excluding hydrogens is 402 g/mol. The number of nitrogen functional groups attached to an aromatic ring is 1. The summed E-state index contributed by atoms with van der Waals surface area (Å²) in [5.41, 5.74) is 9.56. The molecule has 4 N–H and O–H groups in total. The van der Waals surface area contributed by atoms with Gasteiger partial charge < -0.3 is 10.8 Å². The van der Waals surface area contributed by atoms with Gasteiger partial charge in [-0.15, -0.1) is 0 Å². The van der Waals surface area contributed by atoms with Crippen LogP contribution in [0.4, 0.5) is 5.69 Å². The van der Waals surface area contributed by atoms with Crippen LogP contribution < -0.4 is 11.2 Å². The van der Waals surface area contributed by atoms with E-state index in [4.69, 9.17) is 5.73 Å². The van der Waals surface area contributed by atoms with Crippen molar-refractivity contribution in [2.75, 3.05) is 5.73 Å². The predicted octanol–water partition coefficient (Wildman–Crippen LogP) is 3.26. The number of anilines is 1. The lowest BCUT2D eigenvalue weighted by molar-refractivity contribution is 0.0956. The number of benzene rings is 2. The van der Waals surface area contributed by atoms with Crippen molar-refractivity contribution in [1.29, 1.82) is 0 Å². The van der Waals surface area contributed by atoms with Crippen LogP contribution in [0.1, 0.15) is 15.9 Å². The lowest BCUT2D eigenvalue weighted by Crippen LogP contribution is -2.18. The maximum atomic E-state index is 11.9. The summed E-state index contributed by atoms with van der Waals surface area (Å²) in [6.45, 7) is 0. The first-order valence-electron chi connectivity index (χ1n) is 5.85. The van der Waals surface area contributed by atoms with Crippen molar-refractivity contribution in [2.45, 2.75) is 0 Å². The van der Waals surface area contributed by atoms with Gasteiger partial charge in [-0.3, -0.25) is 4.79 Å². The Hall–Kier alpha value is -1.86. The summed E-state index contributed by atoms with van der Waals surface area (Å²) in [4.78, 5) is 11.9. The van der Waals surface area contributed by atoms with E-state index in [-0.39, 0.29) is 11.7 Å². The second-order valence-corrected chi connectivity index (χ2v) is 5.83. The van der Waals surface area contributed by atoms with Crippen molar-refractivity contribution < 1.29 is 9.90 Å². The number of phenolic OH excluding ortho intramolecular Hbond substituents is 1. The molecular formula is C14H11Br2N3O2. The lowest BCUT2D eigenvalue weighted by Gasteiger charge is -2.04. The van der Waals surface area contributed by atoms with Gasteiger partial charge in [0, 0.05) is 5.69 Å².